The van der Waals surface area contributed by atoms with Gasteiger partial charge in [0, 0.05) is 21.6 Å². The average molecular weight is 432 g/mol. The van der Waals surface area contributed by atoms with Gasteiger partial charge in [0.25, 0.3) is 0 Å². The Morgan fingerprint density at radius 2 is 1.82 bits per heavy atom. The second-order valence-electron chi connectivity index (χ2n) is 6.01. The number of hydrogen-bond acceptors (Lipinski definition) is 5. The molecule has 0 saturated carbocycles. The predicted molar refractivity (Wildman–Crippen MR) is 105 cm³/mol. The molecule has 2 aromatic rings. The second kappa shape index (κ2) is 10.1. The minimum Gasteiger partial charge on any atom is -0.482 e. The van der Waals surface area contributed by atoms with Gasteiger partial charge in [0.05, 0.1) is 5.56 Å². The topological polar surface area (TPSA) is 58.6 Å². The Bertz CT molecular complexity index is 798. The van der Waals surface area contributed by atoms with E-state index in [-0.39, 0.29) is 11.9 Å². The zero-order valence-electron chi connectivity index (χ0n) is 15.2. The van der Waals surface area contributed by atoms with Crippen molar-refractivity contribution in [2.45, 2.75) is 35.1 Å². The van der Waals surface area contributed by atoms with Gasteiger partial charge >= 0.3 is 12.1 Å². The van der Waals surface area contributed by atoms with E-state index in [2.05, 4.69) is 4.72 Å². The molecular weight excluding hydrogens is 411 g/mol. The van der Waals surface area contributed by atoms with Crippen molar-refractivity contribution >= 4 is 29.7 Å². The van der Waals surface area contributed by atoms with Crippen molar-refractivity contribution in [3.8, 4) is 5.75 Å². The van der Waals surface area contributed by atoms with E-state index in [1.807, 2.05) is 26.0 Å². The predicted octanol–water partition coefficient (Wildman–Crippen LogP) is 5.25. The van der Waals surface area contributed by atoms with Gasteiger partial charge in [-0.05, 0) is 66.9 Å². The first-order valence-electron chi connectivity index (χ1n) is 8.34. The van der Waals surface area contributed by atoms with Crippen molar-refractivity contribution < 1.29 is 27.8 Å². The first-order chi connectivity index (χ1) is 13.1. The largest absolute Gasteiger partial charge is 0.482 e. The normalized spacial score (nSPS) is 12.6. The molecule has 0 radical (unpaired) electrons. The summed E-state index contributed by atoms with van der Waals surface area (Å²) in [5.41, 5.74) is 0.192. The van der Waals surface area contributed by atoms with Gasteiger partial charge in [0.1, 0.15) is 5.75 Å². The molecule has 2 N–H and O–H groups in total. The minimum absolute atomic E-state index is 0.215. The third-order valence-electron chi connectivity index (χ3n) is 3.58. The number of aliphatic carboxylic acids is 1. The number of ether oxygens (including phenoxy) is 1. The molecule has 0 aliphatic rings. The van der Waals surface area contributed by atoms with Crippen molar-refractivity contribution in [1.29, 1.82) is 0 Å². The van der Waals surface area contributed by atoms with Crippen LogP contribution in [-0.4, -0.2) is 29.5 Å². The fraction of sp³-hybridized carbons (Fsp3) is 0.316. The van der Waals surface area contributed by atoms with Crippen LogP contribution in [0, 0.1) is 6.92 Å². The van der Waals surface area contributed by atoms with E-state index < -0.39 is 17.7 Å². The summed E-state index contributed by atoms with van der Waals surface area (Å²) in [6.45, 7) is 4.15. The maximum Gasteiger partial charge on any atom is 0.416 e. The van der Waals surface area contributed by atoms with Crippen LogP contribution in [0.5, 0.6) is 5.75 Å². The summed E-state index contributed by atoms with van der Waals surface area (Å²) in [5, 5.41) is 8.88. The molecule has 0 heterocycles. The quantitative estimate of drug-likeness (QED) is 0.418. The molecule has 152 valence electrons. The molecule has 0 aliphatic heterocycles. The van der Waals surface area contributed by atoms with Crippen molar-refractivity contribution in [1.82, 2.24) is 4.72 Å². The number of rotatable bonds is 9. The summed E-state index contributed by atoms with van der Waals surface area (Å²) >= 11 is 2.92. The van der Waals surface area contributed by atoms with Gasteiger partial charge in [-0.1, -0.05) is 6.92 Å². The molecule has 2 aromatic carbocycles. The third kappa shape index (κ3) is 7.29. The number of carboxylic acid groups (broad SMARTS) is 1. The van der Waals surface area contributed by atoms with E-state index in [1.165, 1.54) is 24.1 Å². The Labute approximate surface area is 170 Å². The first-order valence-corrected chi connectivity index (χ1v) is 10.0. The van der Waals surface area contributed by atoms with Gasteiger partial charge in [-0.15, -0.1) is 11.8 Å². The Morgan fingerprint density at radius 3 is 2.39 bits per heavy atom. The van der Waals surface area contributed by atoms with E-state index in [0.717, 1.165) is 22.6 Å². The summed E-state index contributed by atoms with van der Waals surface area (Å²) in [6.07, 6.45) is -4.33. The lowest BCUT2D eigenvalue weighted by molar-refractivity contribution is -0.139. The van der Waals surface area contributed by atoms with E-state index in [4.69, 9.17) is 9.84 Å². The highest BCUT2D eigenvalue weighted by molar-refractivity contribution is 8.00. The number of aryl methyl sites for hydroxylation is 1. The zero-order chi connectivity index (χ0) is 20.7. The van der Waals surface area contributed by atoms with E-state index in [1.54, 1.807) is 17.8 Å². The van der Waals surface area contributed by atoms with Crippen molar-refractivity contribution in [2.24, 2.45) is 0 Å². The molecule has 4 nitrogen and oxygen atoms in total. The standard InChI is InChI=1S/C19H20F3NO3S2/c1-12-9-16(7-8-17(12)26-11-18(24)25)27-13(2)10-23-28-15-5-3-14(4-6-15)19(20,21)22/h3-9,13,23H,10-11H2,1-2H3,(H,24,25)/t13-/m1/s1. The smallest absolute Gasteiger partial charge is 0.416 e. The number of alkyl halides is 3. The van der Waals surface area contributed by atoms with E-state index in [0.29, 0.717) is 17.2 Å². The van der Waals surface area contributed by atoms with Crippen LogP contribution in [0.15, 0.2) is 52.3 Å². The molecule has 1 atom stereocenters. The molecule has 28 heavy (non-hydrogen) atoms. The lowest BCUT2D eigenvalue weighted by atomic mass is 10.2. The SMILES string of the molecule is Cc1cc(S[C@H](C)CNSc2ccc(C(F)(F)F)cc2)ccc1OCC(=O)O. The van der Waals surface area contributed by atoms with Gasteiger partial charge < -0.3 is 9.84 Å². The van der Waals surface area contributed by atoms with Gasteiger partial charge in [0.2, 0.25) is 0 Å². The zero-order valence-corrected chi connectivity index (χ0v) is 16.9. The van der Waals surface area contributed by atoms with Gasteiger partial charge in [-0.25, -0.2) is 4.79 Å². The van der Waals surface area contributed by atoms with Crippen molar-refractivity contribution in [2.75, 3.05) is 13.2 Å². The van der Waals surface area contributed by atoms with Crippen molar-refractivity contribution in [3.05, 3.63) is 53.6 Å². The molecule has 9 heteroatoms. The number of nitrogens with one attached hydrogen (secondary N) is 1. The number of carbonyl (C=O) groups is 1. The van der Waals surface area contributed by atoms with E-state index in [9.17, 15) is 18.0 Å². The van der Waals surface area contributed by atoms with Crippen LogP contribution < -0.4 is 9.46 Å². The highest BCUT2D eigenvalue weighted by Crippen LogP contribution is 2.31. The fourth-order valence-electron chi connectivity index (χ4n) is 2.22. The molecule has 0 saturated heterocycles. The molecule has 0 spiro atoms. The second-order valence-corrected chi connectivity index (χ2v) is 8.49. The molecule has 0 amide bonds. The monoisotopic (exact) mass is 431 g/mol. The molecule has 2 rings (SSSR count). The number of hydrogen-bond donors (Lipinski definition) is 2. The van der Waals surface area contributed by atoms with Crippen LogP contribution in [0.2, 0.25) is 0 Å². The molecular formula is C19H20F3NO3S2. The Balaban J connectivity index is 1.80. The third-order valence-corrected chi connectivity index (χ3v) is 5.49. The Morgan fingerprint density at radius 1 is 1.18 bits per heavy atom. The number of carboxylic acids is 1. The average Bonchev–Trinajstić information content (AvgIpc) is 2.60. The number of thioether (sulfide) groups is 1. The maximum atomic E-state index is 12.6. The molecule has 0 bridgehead atoms. The van der Waals surface area contributed by atoms with Crippen LogP contribution in [0.1, 0.15) is 18.1 Å². The lowest BCUT2D eigenvalue weighted by Gasteiger charge is -2.14. The summed E-state index contributed by atoms with van der Waals surface area (Å²) in [4.78, 5) is 12.3. The van der Waals surface area contributed by atoms with Crippen molar-refractivity contribution in [3.63, 3.8) is 0 Å². The van der Waals surface area contributed by atoms with E-state index >= 15 is 0 Å². The first kappa shape index (κ1) is 22.4. The molecule has 0 aliphatic carbocycles. The molecule has 0 fully saturated rings. The fourth-order valence-corrected chi connectivity index (χ4v) is 4.13. The minimum atomic E-state index is -4.33. The number of benzene rings is 2. The summed E-state index contributed by atoms with van der Waals surface area (Å²) < 4.78 is 46.0. The summed E-state index contributed by atoms with van der Waals surface area (Å²) in [7, 11) is 0. The highest BCUT2D eigenvalue weighted by Gasteiger charge is 2.29. The Hall–Kier alpha value is -1.84. The summed E-state index contributed by atoms with van der Waals surface area (Å²) in [6, 6.07) is 10.6. The van der Waals surface area contributed by atoms with Gasteiger partial charge in [-0.3, -0.25) is 4.72 Å². The maximum absolute atomic E-state index is 12.6. The summed E-state index contributed by atoms with van der Waals surface area (Å²) in [5.74, 6) is -0.488. The van der Waals surface area contributed by atoms with Crippen LogP contribution in [0.3, 0.4) is 0 Å². The van der Waals surface area contributed by atoms with Gasteiger partial charge in [0.15, 0.2) is 6.61 Å². The van der Waals surface area contributed by atoms with Crippen LogP contribution in [0.25, 0.3) is 0 Å². The Kier molecular flexibility index (Phi) is 8.09. The number of halogens is 3. The lowest BCUT2D eigenvalue weighted by Crippen LogP contribution is -2.16. The van der Waals surface area contributed by atoms with Gasteiger partial charge in [-0.2, -0.15) is 13.2 Å². The highest BCUT2D eigenvalue weighted by atomic mass is 32.2. The molecule has 0 aromatic heterocycles. The molecule has 0 unspecified atom stereocenters. The van der Waals surface area contributed by atoms with Crippen LogP contribution in [0.4, 0.5) is 13.2 Å². The van der Waals surface area contributed by atoms with Crippen LogP contribution >= 0.6 is 23.7 Å². The van der Waals surface area contributed by atoms with Crippen LogP contribution in [-0.2, 0) is 11.0 Å².